The number of hydrogen-bond acceptors (Lipinski definition) is 2. The van der Waals surface area contributed by atoms with E-state index in [2.05, 4.69) is 0 Å². The van der Waals surface area contributed by atoms with E-state index in [1.54, 1.807) is 0 Å². The minimum Gasteiger partial charge on any atom is -0.465 e. The first-order chi connectivity index (χ1) is 6.59. The molecule has 5 heteroatoms. The van der Waals surface area contributed by atoms with E-state index in [1.165, 1.54) is 4.90 Å². The lowest BCUT2D eigenvalue weighted by Gasteiger charge is -2.29. The second-order valence-electron chi connectivity index (χ2n) is 3.78. The molecule has 0 spiro atoms. The van der Waals surface area contributed by atoms with E-state index in [9.17, 15) is 4.79 Å². The van der Waals surface area contributed by atoms with Crippen molar-refractivity contribution in [3.8, 4) is 0 Å². The van der Waals surface area contributed by atoms with Crippen LogP contribution in [-0.4, -0.2) is 35.0 Å². The maximum Gasteiger partial charge on any atom is 0.407 e. The quantitative estimate of drug-likeness (QED) is 0.469. The Morgan fingerprint density at radius 1 is 1.50 bits per heavy atom. The zero-order valence-electron chi connectivity index (χ0n) is 8.20. The van der Waals surface area contributed by atoms with Crippen LogP contribution in [0.2, 0.25) is 0 Å². The zero-order valence-corrected chi connectivity index (χ0v) is 8.20. The summed E-state index contributed by atoms with van der Waals surface area (Å²) in [6.07, 6.45) is 2.54. The van der Waals surface area contributed by atoms with Gasteiger partial charge in [0.05, 0.1) is 5.84 Å². The molecule has 4 N–H and O–H groups in total. The SMILES string of the molecule is N=C(N)CCC1CCN(C(=O)O)CC1. The first-order valence-corrected chi connectivity index (χ1v) is 4.90. The van der Waals surface area contributed by atoms with Crippen LogP contribution in [0.3, 0.4) is 0 Å². The van der Waals surface area contributed by atoms with Crippen LogP contribution in [0.5, 0.6) is 0 Å². The third-order valence-corrected chi connectivity index (χ3v) is 2.71. The Kier molecular flexibility index (Phi) is 3.73. The van der Waals surface area contributed by atoms with Crippen LogP contribution >= 0.6 is 0 Å². The first kappa shape index (κ1) is 10.8. The summed E-state index contributed by atoms with van der Waals surface area (Å²) in [4.78, 5) is 12.0. The number of nitrogens with two attached hydrogens (primary N) is 1. The molecule has 0 aromatic carbocycles. The van der Waals surface area contributed by atoms with Crippen molar-refractivity contribution in [1.82, 2.24) is 4.90 Å². The van der Waals surface area contributed by atoms with E-state index >= 15 is 0 Å². The molecule has 5 nitrogen and oxygen atoms in total. The Labute approximate surface area is 83.4 Å². The van der Waals surface area contributed by atoms with Crippen LogP contribution in [0.25, 0.3) is 0 Å². The van der Waals surface area contributed by atoms with Crippen LogP contribution in [-0.2, 0) is 0 Å². The summed E-state index contributed by atoms with van der Waals surface area (Å²) in [5, 5.41) is 15.8. The maximum absolute atomic E-state index is 10.6. The molecule has 1 rings (SSSR count). The van der Waals surface area contributed by atoms with Gasteiger partial charge in [-0.1, -0.05) is 0 Å². The van der Waals surface area contributed by atoms with Crippen molar-refractivity contribution in [3.05, 3.63) is 0 Å². The van der Waals surface area contributed by atoms with Gasteiger partial charge in [-0.05, 0) is 25.2 Å². The van der Waals surface area contributed by atoms with Crippen molar-refractivity contribution in [2.75, 3.05) is 13.1 Å². The van der Waals surface area contributed by atoms with E-state index in [4.69, 9.17) is 16.2 Å². The highest BCUT2D eigenvalue weighted by Crippen LogP contribution is 2.21. The Hall–Kier alpha value is -1.26. The number of piperidine rings is 1. The second kappa shape index (κ2) is 4.83. The van der Waals surface area contributed by atoms with Gasteiger partial charge in [-0.3, -0.25) is 5.41 Å². The van der Waals surface area contributed by atoms with Gasteiger partial charge >= 0.3 is 6.09 Å². The molecule has 0 bridgehead atoms. The Morgan fingerprint density at radius 2 is 2.07 bits per heavy atom. The summed E-state index contributed by atoms with van der Waals surface area (Å²) < 4.78 is 0. The standard InChI is InChI=1S/C9H17N3O2/c10-8(11)2-1-7-3-5-12(6-4-7)9(13)14/h7H,1-6H2,(H3,10,11)(H,13,14). The molecule has 14 heavy (non-hydrogen) atoms. The van der Waals surface area contributed by atoms with E-state index in [-0.39, 0.29) is 5.84 Å². The first-order valence-electron chi connectivity index (χ1n) is 4.90. The van der Waals surface area contributed by atoms with Gasteiger partial charge in [0.1, 0.15) is 0 Å². The summed E-state index contributed by atoms with van der Waals surface area (Å²) in [6.45, 7) is 1.25. The molecule has 1 aliphatic rings. The molecule has 0 radical (unpaired) electrons. The number of hydrogen-bond donors (Lipinski definition) is 3. The van der Waals surface area contributed by atoms with E-state index < -0.39 is 6.09 Å². The second-order valence-corrected chi connectivity index (χ2v) is 3.78. The van der Waals surface area contributed by atoms with Crippen LogP contribution < -0.4 is 5.73 Å². The fraction of sp³-hybridized carbons (Fsp3) is 0.778. The normalized spacial score (nSPS) is 18.1. The fourth-order valence-electron chi connectivity index (χ4n) is 1.77. The molecule has 1 amide bonds. The molecule has 0 unspecified atom stereocenters. The third-order valence-electron chi connectivity index (χ3n) is 2.71. The molecule has 1 fully saturated rings. The monoisotopic (exact) mass is 199 g/mol. The van der Waals surface area contributed by atoms with E-state index in [0.717, 1.165) is 19.3 Å². The summed E-state index contributed by atoms with van der Waals surface area (Å²) in [7, 11) is 0. The van der Waals surface area contributed by atoms with Gasteiger partial charge in [0, 0.05) is 19.5 Å². The summed E-state index contributed by atoms with van der Waals surface area (Å²) in [5.74, 6) is 0.764. The smallest absolute Gasteiger partial charge is 0.407 e. The van der Waals surface area contributed by atoms with Gasteiger partial charge in [0.2, 0.25) is 0 Å². The lowest BCUT2D eigenvalue weighted by atomic mass is 9.92. The average molecular weight is 199 g/mol. The van der Waals surface area contributed by atoms with Gasteiger partial charge in [0.15, 0.2) is 0 Å². The number of likely N-dealkylation sites (tertiary alicyclic amines) is 1. The highest BCUT2D eigenvalue weighted by molar-refractivity contribution is 5.76. The van der Waals surface area contributed by atoms with Crippen LogP contribution in [0.15, 0.2) is 0 Å². The fourth-order valence-corrected chi connectivity index (χ4v) is 1.77. The molecule has 0 atom stereocenters. The molecule has 1 aliphatic heterocycles. The predicted octanol–water partition coefficient (Wildman–Crippen LogP) is 1.09. The van der Waals surface area contributed by atoms with Crippen molar-refractivity contribution in [2.24, 2.45) is 11.7 Å². The minimum absolute atomic E-state index is 0.227. The predicted molar refractivity (Wildman–Crippen MR) is 53.5 cm³/mol. The highest BCUT2D eigenvalue weighted by atomic mass is 16.4. The minimum atomic E-state index is -0.824. The number of nitrogens with one attached hydrogen (secondary N) is 1. The summed E-state index contributed by atoms with van der Waals surface area (Å²) in [5.41, 5.74) is 5.26. The number of amides is 1. The average Bonchev–Trinajstić information content (AvgIpc) is 2.15. The van der Waals surface area contributed by atoms with Crippen LogP contribution in [0.1, 0.15) is 25.7 Å². The lowest BCUT2D eigenvalue weighted by Crippen LogP contribution is -2.37. The number of carboxylic acid groups (broad SMARTS) is 1. The van der Waals surface area contributed by atoms with Gasteiger partial charge < -0.3 is 15.7 Å². The largest absolute Gasteiger partial charge is 0.465 e. The molecule has 1 heterocycles. The molecular formula is C9H17N3O2. The lowest BCUT2D eigenvalue weighted by molar-refractivity contribution is 0.123. The van der Waals surface area contributed by atoms with Gasteiger partial charge in [-0.15, -0.1) is 0 Å². The molecule has 0 aromatic heterocycles. The Balaban J connectivity index is 2.22. The van der Waals surface area contributed by atoms with Crippen LogP contribution in [0.4, 0.5) is 4.79 Å². The van der Waals surface area contributed by atoms with E-state index in [1.807, 2.05) is 0 Å². The molecule has 0 aromatic rings. The van der Waals surface area contributed by atoms with Crippen molar-refractivity contribution < 1.29 is 9.90 Å². The molecule has 80 valence electrons. The topological polar surface area (TPSA) is 90.4 Å². The van der Waals surface area contributed by atoms with Gasteiger partial charge in [0.25, 0.3) is 0 Å². The zero-order chi connectivity index (χ0) is 10.6. The van der Waals surface area contributed by atoms with Gasteiger partial charge in [-0.25, -0.2) is 4.79 Å². The van der Waals surface area contributed by atoms with Crippen molar-refractivity contribution >= 4 is 11.9 Å². The molecule has 1 saturated heterocycles. The maximum atomic E-state index is 10.6. The number of amidine groups is 1. The number of carbonyl (C=O) groups is 1. The molecule has 0 aliphatic carbocycles. The number of nitrogens with zero attached hydrogens (tertiary/aromatic N) is 1. The van der Waals surface area contributed by atoms with Crippen molar-refractivity contribution in [1.29, 1.82) is 5.41 Å². The summed E-state index contributed by atoms with van der Waals surface area (Å²) >= 11 is 0. The molecular weight excluding hydrogens is 182 g/mol. The van der Waals surface area contributed by atoms with E-state index in [0.29, 0.717) is 25.4 Å². The van der Waals surface area contributed by atoms with Gasteiger partial charge in [-0.2, -0.15) is 0 Å². The Morgan fingerprint density at radius 3 is 2.50 bits per heavy atom. The third kappa shape index (κ3) is 3.24. The Bertz CT molecular complexity index is 222. The highest BCUT2D eigenvalue weighted by Gasteiger charge is 2.21. The molecule has 0 saturated carbocycles. The number of rotatable bonds is 3. The van der Waals surface area contributed by atoms with Crippen molar-refractivity contribution in [2.45, 2.75) is 25.7 Å². The van der Waals surface area contributed by atoms with Crippen molar-refractivity contribution in [3.63, 3.8) is 0 Å². The summed E-state index contributed by atoms with van der Waals surface area (Å²) in [6, 6.07) is 0. The van der Waals surface area contributed by atoms with Crippen LogP contribution in [0, 0.1) is 11.3 Å².